The molecule has 0 aromatic heterocycles. The molecule has 0 fully saturated rings. The zero-order valence-electron chi connectivity index (χ0n) is 15.5. The monoisotopic (exact) mass is 384 g/mol. The van der Waals surface area contributed by atoms with E-state index in [4.69, 9.17) is 0 Å². The summed E-state index contributed by atoms with van der Waals surface area (Å²) in [6.07, 6.45) is 4.84. The fraction of sp³-hybridized carbons (Fsp3) is 0.0400. The summed E-state index contributed by atoms with van der Waals surface area (Å²) >= 11 is 0. The fourth-order valence-electron chi connectivity index (χ4n) is 2.52. The van der Waals surface area contributed by atoms with Crippen LogP contribution in [0.1, 0.15) is 16.7 Å². The fourth-order valence-corrected chi connectivity index (χ4v) is 3.75. The minimum atomic E-state index is -3.67. The van der Waals surface area contributed by atoms with Crippen molar-refractivity contribution in [3.8, 4) is 11.8 Å². The van der Waals surface area contributed by atoms with Gasteiger partial charge in [0.15, 0.2) is 0 Å². The number of aryl methyl sites for hydroxylation is 1. The Balaban J connectivity index is 2.01. The molecule has 0 atom stereocenters. The highest BCUT2D eigenvalue weighted by molar-refractivity contribution is 7.95. The average molecular weight is 385 g/mol. The van der Waals surface area contributed by atoms with Gasteiger partial charge >= 0.3 is 0 Å². The third-order valence-electron chi connectivity index (χ3n) is 4.09. The van der Waals surface area contributed by atoms with Crippen molar-refractivity contribution >= 4 is 15.9 Å². The van der Waals surface area contributed by atoms with Crippen LogP contribution in [0.5, 0.6) is 0 Å². The van der Waals surface area contributed by atoms with Gasteiger partial charge < -0.3 is 0 Å². The topological polar surface area (TPSA) is 34.1 Å². The highest BCUT2D eigenvalue weighted by Gasteiger charge is 2.18. The van der Waals surface area contributed by atoms with Gasteiger partial charge in [-0.3, -0.25) is 0 Å². The first-order chi connectivity index (χ1) is 13.6. The minimum absolute atomic E-state index is 0.156. The maximum absolute atomic E-state index is 13.1. The van der Waals surface area contributed by atoms with Crippen LogP contribution in [0.25, 0.3) is 6.08 Å². The van der Waals surface area contributed by atoms with Gasteiger partial charge in [-0.15, -0.1) is 0 Å². The Morgan fingerprint density at radius 2 is 1.43 bits per heavy atom. The molecule has 0 spiro atoms. The highest BCUT2D eigenvalue weighted by atomic mass is 32.2. The summed E-state index contributed by atoms with van der Waals surface area (Å²) in [5.74, 6) is 5.86. The molecule has 0 heterocycles. The maximum Gasteiger partial charge on any atom is 0.207 e. The molecule has 0 aliphatic heterocycles. The minimum Gasteiger partial charge on any atom is -0.218 e. The summed E-state index contributed by atoms with van der Waals surface area (Å²) in [7, 11) is -3.67. The number of hydrogen-bond acceptors (Lipinski definition) is 2. The normalized spacial score (nSPS) is 11.8. The SMILES string of the molecule is Cc1ccc(S(=O)(=O)C(/C=C/c2ccccc2)=C/C#Cc2ccccc2)cc1. The van der Waals surface area contributed by atoms with Crippen LogP contribution in [0.3, 0.4) is 0 Å². The van der Waals surface area contributed by atoms with E-state index in [-0.39, 0.29) is 9.80 Å². The molecule has 0 aliphatic carbocycles. The van der Waals surface area contributed by atoms with Crippen LogP contribution in [0, 0.1) is 18.8 Å². The molecule has 138 valence electrons. The van der Waals surface area contributed by atoms with E-state index < -0.39 is 9.84 Å². The Labute approximate surface area is 166 Å². The zero-order valence-corrected chi connectivity index (χ0v) is 16.4. The molecule has 0 unspecified atom stereocenters. The van der Waals surface area contributed by atoms with Crippen molar-refractivity contribution in [1.29, 1.82) is 0 Å². The van der Waals surface area contributed by atoms with Crippen LogP contribution < -0.4 is 0 Å². The summed E-state index contributed by atoms with van der Waals surface area (Å²) in [5.41, 5.74) is 2.76. The van der Waals surface area contributed by atoms with E-state index in [0.29, 0.717) is 0 Å². The first kappa shape index (κ1) is 19.4. The lowest BCUT2D eigenvalue weighted by molar-refractivity contribution is 0.603. The number of rotatable bonds is 4. The molecule has 0 aliphatic rings. The smallest absolute Gasteiger partial charge is 0.207 e. The number of sulfone groups is 1. The number of allylic oxidation sites excluding steroid dienone is 2. The second kappa shape index (κ2) is 9.03. The summed E-state index contributed by atoms with van der Waals surface area (Å²) in [4.78, 5) is 0.409. The van der Waals surface area contributed by atoms with Gasteiger partial charge in [-0.1, -0.05) is 84.1 Å². The van der Waals surface area contributed by atoms with Crippen LogP contribution in [0.2, 0.25) is 0 Å². The van der Waals surface area contributed by atoms with Crippen molar-refractivity contribution in [3.63, 3.8) is 0 Å². The Hall–Kier alpha value is -3.35. The molecule has 3 heteroatoms. The lowest BCUT2D eigenvalue weighted by atomic mass is 10.2. The Morgan fingerprint density at radius 3 is 2.07 bits per heavy atom. The molecule has 3 aromatic rings. The van der Waals surface area contributed by atoms with Crippen LogP contribution in [0.4, 0.5) is 0 Å². The molecule has 2 nitrogen and oxygen atoms in total. The van der Waals surface area contributed by atoms with Crippen molar-refractivity contribution in [2.24, 2.45) is 0 Å². The first-order valence-electron chi connectivity index (χ1n) is 8.87. The quantitative estimate of drug-likeness (QED) is 0.445. The molecule has 0 radical (unpaired) electrons. The van der Waals surface area contributed by atoms with E-state index in [0.717, 1.165) is 16.7 Å². The second-order valence-electron chi connectivity index (χ2n) is 6.24. The van der Waals surface area contributed by atoms with Crippen molar-refractivity contribution < 1.29 is 8.42 Å². The summed E-state index contributed by atoms with van der Waals surface area (Å²) in [6.45, 7) is 1.92. The van der Waals surface area contributed by atoms with Gasteiger partial charge in [0.05, 0.1) is 9.80 Å². The predicted octanol–water partition coefficient (Wildman–Crippen LogP) is 5.42. The lowest BCUT2D eigenvalue weighted by Crippen LogP contribution is -2.03. The molecule has 3 aromatic carbocycles. The molecule has 0 bridgehead atoms. The molecular formula is C25H20O2S. The van der Waals surface area contributed by atoms with Crippen molar-refractivity contribution in [2.75, 3.05) is 0 Å². The molecule has 0 saturated heterocycles. The van der Waals surface area contributed by atoms with Gasteiger partial charge in [-0.05, 0) is 42.8 Å². The van der Waals surface area contributed by atoms with Crippen molar-refractivity contribution in [2.45, 2.75) is 11.8 Å². The van der Waals surface area contributed by atoms with Crippen LogP contribution in [-0.2, 0) is 9.84 Å². The van der Waals surface area contributed by atoms with E-state index >= 15 is 0 Å². The standard InChI is InChI=1S/C25H20O2S/c1-21-15-18-25(19-16-21)28(26,27)24(20-17-23-11-6-3-7-12-23)14-8-13-22-9-4-2-5-10-22/h2-7,9-12,14-20H,1H3/b20-17+,24-14+. The molecule has 28 heavy (non-hydrogen) atoms. The average Bonchev–Trinajstić information content (AvgIpc) is 2.72. The van der Waals surface area contributed by atoms with Gasteiger partial charge in [0.2, 0.25) is 9.84 Å². The lowest BCUT2D eigenvalue weighted by Gasteiger charge is -2.05. The van der Waals surface area contributed by atoms with Gasteiger partial charge in [0.1, 0.15) is 0 Å². The molecule has 0 N–H and O–H groups in total. The Bertz CT molecular complexity index is 1140. The summed E-state index contributed by atoms with van der Waals surface area (Å²) in [5, 5.41) is 0. The Morgan fingerprint density at radius 1 is 0.821 bits per heavy atom. The molecule has 3 rings (SSSR count). The van der Waals surface area contributed by atoms with Crippen LogP contribution >= 0.6 is 0 Å². The first-order valence-corrected chi connectivity index (χ1v) is 10.4. The third-order valence-corrected chi connectivity index (χ3v) is 5.85. The van der Waals surface area contributed by atoms with Gasteiger partial charge in [-0.25, -0.2) is 8.42 Å². The van der Waals surface area contributed by atoms with Gasteiger partial charge in [0.25, 0.3) is 0 Å². The van der Waals surface area contributed by atoms with Gasteiger partial charge in [-0.2, -0.15) is 0 Å². The molecule has 0 amide bonds. The summed E-state index contributed by atoms with van der Waals surface area (Å²) < 4.78 is 26.2. The van der Waals surface area contributed by atoms with Crippen molar-refractivity contribution in [3.05, 3.63) is 119 Å². The second-order valence-corrected chi connectivity index (χ2v) is 8.19. The third kappa shape index (κ3) is 5.09. The molecule has 0 saturated carbocycles. The van der Waals surface area contributed by atoms with Crippen molar-refractivity contribution in [1.82, 2.24) is 0 Å². The zero-order chi connectivity index (χ0) is 19.8. The number of hydrogen-bond donors (Lipinski definition) is 0. The van der Waals surface area contributed by atoms with E-state index in [1.807, 2.05) is 67.6 Å². The highest BCUT2D eigenvalue weighted by Crippen LogP contribution is 2.21. The van der Waals surface area contributed by atoms with Crippen LogP contribution in [0.15, 0.2) is 107 Å². The van der Waals surface area contributed by atoms with E-state index in [2.05, 4.69) is 11.8 Å². The molecular weight excluding hydrogens is 364 g/mol. The van der Waals surface area contributed by atoms with E-state index in [9.17, 15) is 8.42 Å². The maximum atomic E-state index is 13.1. The summed E-state index contributed by atoms with van der Waals surface area (Å²) in [6, 6.07) is 25.9. The van der Waals surface area contributed by atoms with Gasteiger partial charge in [0, 0.05) is 11.6 Å². The van der Waals surface area contributed by atoms with E-state index in [1.54, 1.807) is 36.4 Å². The van der Waals surface area contributed by atoms with E-state index in [1.165, 1.54) is 6.08 Å². The number of benzene rings is 3. The van der Waals surface area contributed by atoms with Crippen LogP contribution in [-0.4, -0.2) is 8.42 Å². The predicted molar refractivity (Wildman–Crippen MR) is 115 cm³/mol. The largest absolute Gasteiger partial charge is 0.218 e. The Kier molecular flexibility index (Phi) is 6.26.